The van der Waals surface area contributed by atoms with E-state index in [9.17, 15) is 18.4 Å². The molecule has 0 fully saturated rings. The van der Waals surface area contributed by atoms with Crippen LogP contribution in [0.25, 0.3) is 5.69 Å². The second-order valence-electron chi connectivity index (χ2n) is 7.27. The summed E-state index contributed by atoms with van der Waals surface area (Å²) in [5.74, 6) is -2.40. The highest BCUT2D eigenvalue weighted by molar-refractivity contribution is 7.99. The minimum Gasteiger partial charge on any atom is -0.465 e. The van der Waals surface area contributed by atoms with Crippen LogP contribution in [0, 0.1) is 17.6 Å². The molecule has 0 bridgehead atoms. The number of unbranched alkanes of at least 4 members (excludes halogenated alkanes) is 1. The Labute approximate surface area is 191 Å². The zero-order valence-corrected chi connectivity index (χ0v) is 19.6. The Morgan fingerprint density at radius 2 is 1.97 bits per heavy atom. The first-order valence-corrected chi connectivity index (χ1v) is 11.9. The first-order valence-electron chi connectivity index (χ1n) is 10.9. The molecule has 0 spiro atoms. The molecule has 1 unspecified atom stereocenters. The van der Waals surface area contributed by atoms with Gasteiger partial charge in [-0.15, -0.1) is 11.8 Å². The smallest absolute Gasteiger partial charge is 0.358 e. The quantitative estimate of drug-likeness (QED) is 0.283. The SMILES string of the molecule is CCCCC(CC)COC(=O)CCSc1cc(C(=O)OCC)nn1-c1cccc(F)c1F. The van der Waals surface area contributed by atoms with Gasteiger partial charge in [-0.05, 0) is 31.4 Å². The Hall–Kier alpha value is -2.42. The zero-order valence-electron chi connectivity index (χ0n) is 18.7. The van der Waals surface area contributed by atoms with Gasteiger partial charge in [-0.3, -0.25) is 4.79 Å². The average Bonchev–Trinajstić information content (AvgIpc) is 3.20. The van der Waals surface area contributed by atoms with Crippen molar-refractivity contribution in [2.45, 2.75) is 57.9 Å². The van der Waals surface area contributed by atoms with Crippen LogP contribution in [0.5, 0.6) is 0 Å². The van der Waals surface area contributed by atoms with Crippen LogP contribution in [0.1, 0.15) is 63.4 Å². The maximum atomic E-state index is 14.3. The number of rotatable bonds is 13. The van der Waals surface area contributed by atoms with Crippen molar-refractivity contribution in [2.75, 3.05) is 19.0 Å². The van der Waals surface area contributed by atoms with E-state index in [4.69, 9.17) is 9.47 Å². The molecule has 0 aliphatic heterocycles. The lowest BCUT2D eigenvalue weighted by molar-refractivity contribution is -0.144. The highest BCUT2D eigenvalue weighted by Crippen LogP contribution is 2.26. The van der Waals surface area contributed by atoms with Crippen molar-refractivity contribution in [3.63, 3.8) is 0 Å². The molecule has 9 heteroatoms. The van der Waals surface area contributed by atoms with Gasteiger partial charge in [0.1, 0.15) is 10.7 Å². The molecule has 0 saturated heterocycles. The van der Waals surface area contributed by atoms with E-state index in [1.165, 1.54) is 30.0 Å². The molecule has 2 rings (SSSR count). The monoisotopic (exact) mass is 468 g/mol. The molecule has 0 aliphatic rings. The van der Waals surface area contributed by atoms with Crippen LogP contribution >= 0.6 is 11.8 Å². The first kappa shape index (κ1) is 25.8. The van der Waals surface area contributed by atoms with Crippen molar-refractivity contribution in [1.82, 2.24) is 9.78 Å². The van der Waals surface area contributed by atoms with Crippen LogP contribution < -0.4 is 0 Å². The van der Waals surface area contributed by atoms with Crippen LogP contribution in [-0.2, 0) is 14.3 Å². The molecule has 32 heavy (non-hydrogen) atoms. The van der Waals surface area contributed by atoms with Gasteiger partial charge in [0.15, 0.2) is 17.3 Å². The zero-order chi connectivity index (χ0) is 23.5. The Bertz CT molecular complexity index is 904. The Morgan fingerprint density at radius 1 is 1.19 bits per heavy atom. The standard InChI is InChI=1S/C23H30F2N2O4S/c1-4-7-9-16(5-2)15-31-21(28)12-13-32-20-14-18(23(29)30-6-3)26-27(20)19-11-8-10-17(24)22(19)25/h8,10-11,14,16H,4-7,9,12-13,15H2,1-3H3. The fourth-order valence-electron chi connectivity index (χ4n) is 3.02. The third kappa shape index (κ3) is 7.32. The van der Waals surface area contributed by atoms with E-state index < -0.39 is 17.6 Å². The van der Waals surface area contributed by atoms with E-state index in [0.29, 0.717) is 23.3 Å². The number of halogens is 2. The topological polar surface area (TPSA) is 70.4 Å². The number of aromatic nitrogens is 2. The van der Waals surface area contributed by atoms with Gasteiger partial charge in [0.05, 0.1) is 19.6 Å². The maximum Gasteiger partial charge on any atom is 0.358 e. The third-order valence-electron chi connectivity index (χ3n) is 4.90. The Morgan fingerprint density at radius 3 is 2.66 bits per heavy atom. The second kappa shape index (κ2) is 13.2. The lowest BCUT2D eigenvalue weighted by Gasteiger charge is -2.14. The molecule has 0 N–H and O–H groups in total. The lowest BCUT2D eigenvalue weighted by atomic mass is 10.0. The van der Waals surface area contributed by atoms with E-state index in [1.54, 1.807) is 6.92 Å². The minimum atomic E-state index is -1.08. The molecule has 0 saturated carbocycles. The largest absolute Gasteiger partial charge is 0.465 e. The normalized spacial score (nSPS) is 11.9. The maximum absolute atomic E-state index is 14.3. The predicted octanol–water partition coefficient (Wildman–Crippen LogP) is 5.57. The molecule has 0 radical (unpaired) electrons. The van der Waals surface area contributed by atoms with E-state index in [-0.39, 0.29) is 30.4 Å². The van der Waals surface area contributed by atoms with E-state index in [0.717, 1.165) is 36.4 Å². The van der Waals surface area contributed by atoms with E-state index >= 15 is 0 Å². The summed E-state index contributed by atoms with van der Waals surface area (Å²) in [6.07, 6.45) is 4.34. The summed E-state index contributed by atoms with van der Waals surface area (Å²) in [6.45, 7) is 6.43. The molecule has 0 aliphatic carbocycles. The fraction of sp³-hybridized carbons (Fsp3) is 0.522. The summed E-state index contributed by atoms with van der Waals surface area (Å²) >= 11 is 1.20. The van der Waals surface area contributed by atoms with Gasteiger partial charge in [0.2, 0.25) is 0 Å². The molecule has 2 aromatic rings. The van der Waals surface area contributed by atoms with E-state index in [2.05, 4.69) is 18.9 Å². The summed E-state index contributed by atoms with van der Waals surface area (Å²) in [5, 5.41) is 4.48. The van der Waals surface area contributed by atoms with Gasteiger partial charge in [0.25, 0.3) is 0 Å². The first-order chi connectivity index (χ1) is 15.4. The molecule has 1 aromatic heterocycles. The van der Waals surface area contributed by atoms with Crippen molar-refractivity contribution in [3.05, 3.63) is 41.6 Å². The van der Waals surface area contributed by atoms with Crippen molar-refractivity contribution in [2.24, 2.45) is 5.92 Å². The number of esters is 2. The molecular formula is C23H30F2N2O4S. The number of benzene rings is 1. The van der Waals surface area contributed by atoms with Crippen molar-refractivity contribution in [3.8, 4) is 5.69 Å². The highest BCUT2D eigenvalue weighted by Gasteiger charge is 2.20. The molecular weight excluding hydrogens is 438 g/mol. The van der Waals surface area contributed by atoms with Gasteiger partial charge in [-0.25, -0.2) is 18.3 Å². The van der Waals surface area contributed by atoms with Gasteiger partial charge in [0, 0.05) is 11.8 Å². The van der Waals surface area contributed by atoms with Crippen molar-refractivity contribution in [1.29, 1.82) is 0 Å². The molecule has 1 atom stereocenters. The highest BCUT2D eigenvalue weighted by atomic mass is 32.2. The summed E-state index contributed by atoms with van der Waals surface area (Å²) < 4.78 is 39.6. The number of ether oxygens (including phenoxy) is 2. The van der Waals surface area contributed by atoms with Gasteiger partial charge in [-0.2, -0.15) is 5.10 Å². The van der Waals surface area contributed by atoms with Crippen LogP contribution in [0.3, 0.4) is 0 Å². The lowest BCUT2D eigenvalue weighted by Crippen LogP contribution is -2.14. The van der Waals surface area contributed by atoms with Crippen LogP contribution in [0.4, 0.5) is 8.78 Å². The molecule has 6 nitrogen and oxygen atoms in total. The Kier molecular flexibility index (Phi) is 10.7. The summed E-state index contributed by atoms with van der Waals surface area (Å²) in [4.78, 5) is 24.2. The molecule has 176 valence electrons. The van der Waals surface area contributed by atoms with E-state index in [1.807, 2.05) is 0 Å². The second-order valence-corrected chi connectivity index (χ2v) is 8.39. The fourth-order valence-corrected chi connectivity index (χ4v) is 3.95. The third-order valence-corrected chi connectivity index (χ3v) is 5.89. The van der Waals surface area contributed by atoms with Crippen LogP contribution in [0.15, 0.2) is 29.3 Å². The Balaban J connectivity index is 2.06. The van der Waals surface area contributed by atoms with Crippen LogP contribution in [0.2, 0.25) is 0 Å². The number of thioether (sulfide) groups is 1. The summed E-state index contributed by atoms with van der Waals surface area (Å²) in [7, 11) is 0. The number of carbonyl (C=O) groups excluding carboxylic acids is 2. The van der Waals surface area contributed by atoms with Crippen molar-refractivity contribution < 1.29 is 27.8 Å². The van der Waals surface area contributed by atoms with Crippen LogP contribution in [-0.4, -0.2) is 40.7 Å². The van der Waals surface area contributed by atoms with Gasteiger partial charge < -0.3 is 9.47 Å². The number of carbonyl (C=O) groups is 2. The number of hydrogen-bond donors (Lipinski definition) is 0. The number of hydrogen-bond acceptors (Lipinski definition) is 6. The van der Waals surface area contributed by atoms with Gasteiger partial charge >= 0.3 is 11.9 Å². The van der Waals surface area contributed by atoms with Crippen molar-refractivity contribution >= 4 is 23.7 Å². The number of nitrogens with zero attached hydrogens (tertiary/aromatic N) is 2. The summed E-state index contributed by atoms with van der Waals surface area (Å²) in [6, 6.07) is 5.16. The van der Waals surface area contributed by atoms with Gasteiger partial charge in [-0.1, -0.05) is 39.2 Å². The average molecular weight is 469 g/mol. The predicted molar refractivity (Wildman–Crippen MR) is 119 cm³/mol. The molecule has 1 aromatic carbocycles. The molecule has 0 amide bonds. The molecule has 1 heterocycles. The minimum absolute atomic E-state index is 0.0256. The summed E-state index contributed by atoms with van der Waals surface area (Å²) in [5.41, 5.74) is -0.158.